The predicted molar refractivity (Wildman–Crippen MR) is 205 cm³/mol. The Kier molecular flexibility index (Phi) is 5.68. The summed E-state index contributed by atoms with van der Waals surface area (Å²) in [4.78, 5) is 0. The second-order valence-corrected chi connectivity index (χ2v) is 13.9. The van der Waals surface area contributed by atoms with E-state index in [0.29, 0.717) is 0 Å². The van der Waals surface area contributed by atoms with Crippen LogP contribution in [0, 0.1) is 0 Å². The van der Waals surface area contributed by atoms with Gasteiger partial charge in [-0.05, 0) is 110 Å². The number of halogens is 2. The van der Waals surface area contributed by atoms with E-state index in [1.54, 1.807) is 0 Å². The molecule has 0 atom stereocenters. The number of fused-ring (bicyclic) bond motifs is 6. The van der Waals surface area contributed by atoms with Gasteiger partial charge in [0.1, 0.15) is 0 Å². The molecule has 214 valence electrons. The van der Waals surface area contributed by atoms with E-state index < -0.39 is 0 Å². The van der Waals surface area contributed by atoms with E-state index in [4.69, 9.17) is 0 Å². The zero-order valence-electron chi connectivity index (χ0n) is 24.6. The van der Waals surface area contributed by atoms with Gasteiger partial charge in [0.15, 0.2) is 0 Å². The summed E-state index contributed by atoms with van der Waals surface area (Å²) < 4.78 is 2.14. The number of hydrogen-bond acceptors (Lipinski definition) is 0. The largest absolute Gasteiger partial charge is 0.0616 e. The van der Waals surface area contributed by atoms with Crippen LogP contribution >= 0.6 is 31.9 Å². The Bertz CT molecular complexity index is 2760. The quantitative estimate of drug-likeness (QED) is 0.157. The fourth-order valence-corrected chi connectivity index (χ4v) is 9.11. The standard InChI is InChI=1S/C44H24Br2/c45-36-21-7-5-16-32(36)41(33-17-6-8-22-37(33)46)42-34-19-9-11-25-23-24-31-27-13-2-4-15-29(27)39-28-14-3-1-12-26(28)30-18-10-20-35(42)40(30)44(39)43(31)38(25)34/h1-24H. The zero-order chi connectivity index (χ0) is 30.5. The van der Waals surface area contributed by atoms with Crippen LogP contribution in [-0.2, 0) is 0 Å². The van der Waals surface area contributed by atoms with Crippen LogP contribution in [0.2, 0.25) is 0 Å². The van der Waals surface area contributed by atoms with Crippen molar-refractivity contribution in [3.8, 4) is 0 Å². The molecule has 9 aromatic carbocycles. The molecule has 1 aliphatic carbocycles. The lowest BCUT2D eigenvalue weighted by Gasteiger charge is -2.21. The van der Waals surface area contributed by atoms with Crippen molar-refractivity contribution >= 4 is 108 Å². The van der Waals surface area contributed by atoms with Crippen molar-refractivity contribution < 1.29 is 0 Å². The van der Waals surface area contributed by atoms with E-state index in [2.05, 4.69) is 177 Å². The summed E-state index contributed by atoms with van der Waals surface area (Å²) in [5.41, 5.74) is 7.30. The van der Waals surface area contributed by atoms with Gasteiger partial charge in [0.2, 0.25) is 0 Å². The zero-order valence-corrected chi connectivity index (χ0v) is 27.8. The first-order valence-electron chi connectivity index (χ1n) is 15.6. The van der Waals surface area contributed by atoms with Crippen molar-refractivity contribution in [3.63, 3.8) is 0 Å². The molecular weight excluding hydrogens is 688 g/mol. The molecule has 46 heavy (non-hydrogen) atoms. The monoisotopic (exact) mass is 710 g/mol. The number of hydrogen-bond donors (Lipinski definition) is 0. The van der Waals surface area contributed by atoms with Gasteiger partial charge in [0.25, 0.3) is 0 Å². The average molecular weight is 712 g/mol. The highest BCUT2D eigenvalue weighted by molar-refractivity contribution is 9.10. The molecule has 10 rings (SSSR count). The summed E-state index contributed by atoms with van der Waals surface area (Å²) in [6.45, 7) is 0. The third kappa shape index (κ3) is 3.49. The first-order chi connectivity index (χ1) is 22.7. The van der Waals surface area contributed by atoms with Gasteiger partial charge in [-0.2, -0.15) is 0 Å². The molecule has 0 bridgehead atoms. The Morgan fingerprint density at radius 1 is 0.326 bits per heavy atom. The smallest absolute Gasteiger partial charge is 0.0254 e. The average Bonchev–Trinajstić information content (AvgIpc) is 3.23. The molecule has 0 amide bonds. The van der Waals surface area contributed by atoms with E-state index in [0.717, 1.165) is 8.95 Å². The lowest BCUT2D eigenvalue weighted by Crippen LogP contribution is -2.00. The van der Waals surface area contributed by atoms with Gasteiger partial charge in [-0.25, -0.2) is 0 Å². The van der Waals surface area contributed by atoms with Gasteiger partial charge in [0, 0.05) is 8.95 Å². The van der Waals surface area contributed by atoms with Crippen LogP contribution in [0.15, 0.2) is 155 Å². The van der Waals surface area contributed by atoms with E-state index in [9.17, 15) is 0 Å². The maximum Gasteiger partial charge on any atom is 0.0254 e. The van der Waals surface area contributed by atoms with E-state index in [1.807, 2.05) is 0 Å². The Morgan fingerprint density at radius 3 is 1.43 bits per heavy atom. The Labute approximate surface area is 282 Å². The second-order valence-electron chi connectivity index (χ2n) is 12.2. The minimum absolute atomic E-state index is 1.07. The molecule has 1 aliphatic rings. The summed E-state index contributed by atoms with van der Waals surface area (Å²) in [5, 5.41) is 15.7. The molecule has 0 spiro atoms. The molecule has 0 heterocycles. The van der Waals surface area contributed by atoms with Crippen LogP contribution in [0.3, 0.4) is 0 Å². The van der Waals surface area contributed by atoms with Crippen LogP contribution in [-0.4, -0.2) is 0 Å². The molecular formula is C44H24Br2. The molecule has 0 saturated heterocycles. The summed E-state index contributed by atoms with van der Waals surface area (Å²) in [6.07, 6.45) is 0. The summed E-state index contributed by atoms with van der Waals surface area (Å²) in [6, 6.07) is 53.7. The third-order valence-electron chi connectivity index (χ3n) is 9.91. The Balaban J connectivity index is 1.62. The number of rotatable bonds is 2. The summed E-state index contributed by atoms with van der Waals surface area (Å²) in [5.74, 6) is 0. The first-order valence-corrected chi connectivity index (χ1v) is 17.2. The summed E-state index contributed by atoms with van der Waals surface area (Å²) in [7, 11) is 0. The van der Waals surface area contributed by atoms with Crippen molar-refractivity contribution in [2.45, 2.75) is 0 Å². The van der Waals surface area contributed by atoms with Crippen molar-refractivity contribution in [2.24, 2.45) is 0 Å². The number of benzene rings is 9. The van der Waals surface area contributed by atoms with Crippen LogP contribution < -0.4 is 0 Å². The fourth-order valence-electron chi connectivity index (χ4n) is 8.14. The van der Waals surface area contributed by atoms with Crippen molar-refractivity contribution in [2.75, 3.05) is 0 Å². The van der Waals surface area contributed by atoms with Gasteiger partial charge in [-0.15, -0.1) is 0 Å². The molecule has 0 aromatic heterocycles. The van der Waals surface area contributed by atoms with E-state index >= 15 is 0 Å². The molecule has 2 heteroatoms. The molecule has 0 radical (unpaired) electrons. The topological polar surface area (TPSA) is 0 Å². The minimum atomic E-state index is 1.07. The molecule has 0 fully saturated rings. The predicted octanol–water partition coefficient (Wildman–Crippen LogP) is 13.5. The third-order valence-corrected chi connectivity index (χ3v) is 11.3. The highest BCUT2D eigenvalue weighted by Gasteiger charge is 2.28. The Hall–Kier alpha value is -4.76. The van der Waals surface area contributed by atoms with Crippen molar-refractivity contribution in [1.29, 1.82) is 0 Å². The van der Waals surface area contributed by atoms with Crippen molar-refractivity contribution in [1.82, 2.24) is 0 Å². The highest BCUT2D eigenvalue weighted by Crippen LogP contribution is 2.53. The molecule has 0 unspecified atom stereocenters. The lowest BCUT2D eigenvalue weighted by atomic mass is 9.83. The van der Waals surface area contributed by atoms with Crippen LogP contribution in [0.25, 0.3) is 75.8 Å². The first kappa shape index (κ1) is 26.5. The van der Waals surface area contributed by atoms with Gasteiger partial charge in [-0.1, -0.05) is 165 Å². The SMILES string of the molecule is Brc1ccccc1C(=C1c2cccc3ccc4c5ccccc5c5c6ccccc6c6cccc1c6c5c4c23)c1ccccc1Br. The van der Waals surface area contributed by atoms with E-state index in [-0.39, 0.29) is 0 Å². The normalized spacial score (nSPS) is 12.5. The fraction of sp³-hybridized carbons (Fsp3) is 0. The van der Waals surface area contributed by atoms with Crippen LogP contribution in [0.5, 0.6) is 0 Å². The van der Waals surface area contributed by atoms with Gasteiger partial charge in [-0.3, -0.25) is 0 Å². The van der Waals surface area contributed by atoms with Crippen LogP contribution in [0.1, 0.15) is 22.3 Å². The van der Waals surface area contributed by atoms with Gasteiger partial charge in [0.05, 0.1) is 0 Å². The highest BCUT2D eigenvalue weighted by atomic mass is 79.9. The Morgan fingerprint density at radius 2 is 0.804 bits per heavy atom. The molecule has 0 aliphatic heterocycles. The van der Waals surface area contributed by atoms with Crippen molar-refractivity contribution in [3.05, 3.63) is 177 Å². The molecule has 0 saturated carbocycles. The van der Waals surface area contributed by atoms with Gasteiger partial charge >= 0.3 is 0 Å². The summed E-state index contributed by atoms with van der Waals surface area (Å²) >= 11 is 7.96. The second kappa shape index (κ2) is 9.87. The van der Waals surface area contributed by atoms with E-state index in [1.165, 1.54) is 98.0 Å². The lowest BCUT2D eigenvalue weighted by molar-refractivity contribution is 1.49. The minimum Gasteiger partial charge on any atom is -0.0616 e. The molecule has 0 N–H and O–H groups in total. The maximum atomic E-state index is 3.98. The molecule has 9 aromatic rings. The maximum absolute atomic E-state index is 3.98. The molecule has 0 nitrogen and oxygen atoms in total. The van der Waals surface area contributed by atoms with Gasteiger partial charge < -0.3 is 0 Å². The van der Waals surface area contributed by atoms with Crippen LogP contribution in [0.4, 0.5) is 0 Å².